The zero-order valence-corrected chi connectivity index (χ0v) is 22.6. The van der Waals surface area contributed by atoms with Crippen LogP contribution in [0.2, 0.25) is 0 Å². The lowest BCUT2D eigenvalue weighted by atomic mass is 10.0. The number of thiol groups is 1. The van der Waals surface area contributed by atoms with E-state index >= 15 is 0 Å². The third-order valence-corrected chi connectivity index (χ3v) is 6.85. The first kappa shape index (κ1) is 32.2. The van der Waals surface area contributed by atoms with Crippen molar-refractivity contribution in [2.45, 2.75) is 128 Å². The summed E-state index contributed by atoms with van der Waals surface area (Å²) in [5, 5.41) is 8.60. The fourth-order valence-electron chi connectivity index (χ4n) is 4.10. The van der Waals surface area contributed by atoms with Gasteiger partial charge in [-0.2, -0.15) is 12.6 Å². The molecule has 0 fully saturated rings. The minimum absolute atomic E-state index is 0.225. The van der Waals surface area contributed by atoms with Gasteiger partial charge < -0.3 is 15.7 Å². The van der Waals surface area contributed by atoms with Gasteiger partial charge in [-0.15, -0.1) is 0 Å². The normalized spacial score (nSPS) is 10.9. The van der Waals surface area contributed by atoms with Crippen LogP contribution < -0.4 is 5.73 Å². The number of carboxylic acids is 1. The van der Waals surface area contributed by atoms with Crippen LogP contribution in [0.4, 0.5) is 0 Å². The Labute approximate surface area is 214 Å². The van der Waals surface area contributed by atoms with Gasteiger partial charge in [0, 0.05) is 13.0 Å². The Morgan fingerprint density at radius 1 is 0.667 bits per heavy atom. The Hall–Kier alpha value is -0.820. The molecular weight excluding hydrogens is 452 g/mol. The van der Waals surface area contributed by atoms with E-state index in [9.17, 15) is 9.59 Å². The molecule has 0 aliphatic rings. The maximum absolute atomic E-state index is 11.2. The lowest BCUT2D eigenvalue weighted by Gasteiger charge is -2.23. The minimum atomic E-state index is -0.669. The Morgan fingerprint density at radius 3 is 1.36 bits per heavy atom. The van der Waals surface area contributed by atoms with E-state index in [-0.39, 0.29) is 12.5 Å². The number of nitrogens with two attached hydrogens (primary N) is 1. The van der Waals surface area contributed by atoms with Crippen LogP contribution in [0.5, 0.6) is 0 Å². The van der Waals surface area contributed by atoms with Crippen LogP contribution in [-0.2, 0) is 9.59 Å². The zero-order valence-electron chi connectivity index (χ0n) is 20.9. The lowest BCUT2D eigenvalue weighted by molar-refractivity contribution is -0.137. The molecule has 0 aliphatic carbocycles. The predicted octanol–water partition coefficient (Wildman–Crippen LogP) is 6.92. The monoisotopic (exact) mass is 502 g/mol. The van der Waals surface area contributed by atoms with Crippen LogP contribution in [0, 0.1) is 0 Å². The Balaban J connectivity index is 3.37. The fraction of sp³-hybridized carbons (Fsp3) is 0.885. The van der Waals surface area contributed by atoms with E-state index in [1.54, 1.807) is 0 Å². The molecule has 194 valence electrons. The van der Waals surface area contributed by atoms with Gasteiger partial charge in [-0.3, -0.25) is 9.59 Å². The van der Waals surface area contributed by atoms with E-state index in [1.807, 2.05) is 4.90 Å². The number of hydrogen-bond donors (Lipinski definition) is 3. The molecule has 33 heavy (non-hydrogen) atoms. The average Bonchev–Trinajstić information content (AvgIpc) is 2.77. The summed E-state index contributed by atoms with van der Waals surface area (Å²) in [5.41, 5.74) is 5.34. The standard InChI is InChI=1S/C26H50N2O3S2/c27-24(29)23-28(21-18-22-32)25(33)19-16-14-12-10-8-6-4-2-1-3-5-7-9-11-13-15-17-20-26(30)31/h32H,1-23H2,(H2,27,29)(H,30,31). The number of rotatable bonds is 25. The number of aliphatic carboxylic acids is 1. The number of amides is 1. The van der Waals surface area contributed by atoms with Gasteiger partial charge in [0.2, 0.25) is 5.91 Å². The van der Waals surface area contributed by atoms with E-state index in [1.165, 1.54) is 89.9 Å². The SMILES string of the molecule is NC(=O)CN(CCCS)C(=S)CCCCCCCCCCCCCCCCCCCC(=O)O. The molecule has 3 N–H and O–H groups in total. The van der Waals surface area contributed by atoms with Crippen molar-refractivity contribution in [3.05, 3.63) is 0 Å². The highest BCUT2D eigenvalue weighted by Gasteiger charge is 2.11. The van der Waals surface area contributed by atoms with Gasteiger partial charge in [-0.25, -0.2) is 0 Å². The molecule has 0 saturated heterocycles. The summed E-state index contributed by atoms with van der Waals surface area (Å²) >= 11 is 9.74. The van der Waals surface area contributed by atoms with Crippen LogP contribution in [0.25, 0.3) is 0 Å². The first-order valence-corrected chi connectivity index (χ1v) is 14.4. The van der Waals surface area contributed by atoms with Gasteiger partial charge in [0.1, 0.15) is 0 Å². The Kier molecular flexibility index (Phi) is 23.7. The summed E-state index contributed by atoms with van der Waals surface area (Å²) < 4.78 is 0. The molecule has 0 aromatic heterocycles. The van der Waals surface area contributed by atoms with Gasteiger partial charge in [-0.1, -0.05) is 109 Å². The molecule has 0 aromatic carbocycles. The Bertz CT molecular complexity index is 504. The topological polar surface area (TPSA) is 83.6 Å². The van der Waals surface area contributed by atoms with Crippen LogP contribution >= 0.6 is 24.8 Å². The van der Waals surface area contributed by atoms with Gasteiger partial charge >= 0.3 is 5.97 Å². The molecule has 0 bridgehead atoms. The van der Waals surface area contributed by atoms with Crippen molar-refractivity contribution < 1.29 is 14.7 Å². The van der Waals surface area contributed by atoms with E-state index < -0.39 is 5.97 Å². The van der Waals surface area contributed by atoms with Crippen LogP contribution in [0.1, 0.15) is 128 Å². The van der Waals surface area contributed by atoms with Gasteiger partial charge in [0.25, 0.3) is 0 Å². The van der Waals surface area contributed by atoms with Gasteiger partial charge in [0.05, 0.1) is 11.5 Å². The van der Waals surface area contributed by atoms with Gasteiger partial charge in [0.15, 0.2) is 0 Å². The second-order valence-electron chi connectivity index (χ2n) is 9.26. The smallest absolute Gasteiger partial charge is 0.303 e. The molecule has 0 spiro atoms. The average molecular weight is 503 g/mol. The molecule has 0 aliphatic heterocycles. The van der Waals surface area contributed by atoms with Crippen molar-refractivity contribution in [3.8, 4) is 0 Å². The summed E-state index contributed by atoms with van der Waals surface area (Å²) in [4.78, 5) is 24.5. The number of carboxylic acid groups (broad SMARTS) is 1. The van der Waals surface area contributed by atoms with Crippen molar-refractivity contribution in [3.63, 3.8) is 0 Å². The first-order chi connectivity index (χ1) is 16.0. The maximum Gasteiger partial charge on any atom is 0.303 e. The number of hydrogen-bond acceptors (Lipinski definition) is 4. The number of carbonyl (C=O) groups is 2. The molecule has 5 nitrogen and oxygen atoms in total. The van der Waals surface area contributed by atoms with E-state index in [2.05, 4.69) is 12.6 Å². The number of primary amides is 1. The third-order valence-electron chi connectivity index (χ3n) is 6.07. The van der Waals surface area contributed by atoms with Crippen LogP contribution in [0.15, 0.2) is 0 Å². The molecule has 7 heteroatoms. The number of unbranched alkanes of at least 4 members (excludes halogenated alkanes) is 16. The number of nitrogens with zero attached hydrogens (tertiary/aromatic N) is 1. The van der Waals surface area contributed by atoms with E-state index in [4.69, 9.17) is 23.1 Å². The number of carbonyl (C=O) groups excluding carboxylic acids is 1. The van der Waals surface area contributed by atoms with E-state index in [0.29, 0.717) is 6.42 Å². The van der Waals surface area contributed by atoms with Crippen LogP contribution in [0.3, 0.4) is 0 Å². The Morgan fingerprint density at radius 2 is 1.03 bits per heavy atom. The molecule has 0 heterocycles. The van der Waals surface area contributed by atoms with Crippen molar-refractivity contribution in [2.75, 3.05) is 18.8 Å². The van der Waals surface area contributed by atoms with Crippen molar-refractivity contribution in [1.82, 2.24) is 4.90 Å². The quantitative estimate of drug-likeness (QED) is 0.0717. The predicted molar refractivity (Wildman–Crippen MR) is 147 cm³/mol. The molecular formula is C26H50N2O3S2. The maximum atomic E-state index is 11.2. The van der Waals surface area contributed by atoms with Crippen molar-refractivity contribution in [2.24, 2.45) is 5.73 Å². The zero-order chi connectivity index (χ0) is 24.6. The fourth-order valence-corrected chi connectivity index (χ4v) is 4.55. The summed E-state index contributed by atoms with van der Waals surface area (Å²) in [5.74, 6) is -0.202. The summed E-state index contributed by atoms with van der Waals surface area (Å²) in [6.45, 7) is 0.990. The molecule has 0 aromatic rings. The first-order valence-electron chi connectivity index (χ1n) is 13.4. The highest BCUT2D eigenvalue weighted by Crippen LogP contribution is 2.15. The largest absolute Gasteiger partial charge is 0.481 e. The summed E-state index contributed by atoms with van der Waals surface area (Å²) in [7, 11) is 0. The lowest BCUT2D eigenvalue weighted by Crippen LogP contribution is -2.38. The van der Waals surface area contributed by atoms with E-state index in [0.717, 1.165) is 49.4 Å². The second kappa shape index (κ2) is 24.3. The summed E-state index contributed by atoms with van der Waals surface area (Å²) in [6.07, 6.45) is 23.4. The van der Waals surface area contributed by atoms with Crippen molar-refractivity contribution in [1.29, 1.82) is 0 Å². The van der Waals surface area contributed by atoms with Crippen LogP contribution in [-0.4, -0.2) is 45.7 Å². The minimum Gasteiger partial charge on any atom is -0.481 e. The second-order valence-corrected chi connectivity index (χ2v) is 10.2. The van der Waals surface area contributed by atoms with Gasteiger partial charge in [-0.05, 0) is 31.4 Å². The molecule has 1 amide bonds. The molecule has 0 unspecified atom stereocenters. The molecule has 0 radical (unpaired) electrons. The molecule has 0 rings (SSSR count). The highest BCUT2D eigenvalue weighted by molar-refractivity contribution is 7.80. The third kappa shape index (κ3) is 24.1. The molecule has 0 atom stereocenters. The highest BCUT2D eigenvalue weighted by atomic mass is 32.1. The summed E-state index contributed by atoms with van der Waals surface area (Å²) in [6, 6.07) is 0. The number of thiocarbonyl (C=S) groups is 1. The molecule has 0 saturated carbocycles. The van der Waals surface area contributed by atoms with Crippen molar-refractivity contribution >= 4 is 41.7 Å².